The van der Waals surface area contributed by atoms with Crippen LogP contribution in [-0.2, 0) is 16.0 Å². The first-order valence-electron chi connectivity index (χ1n) is 6.97. The number of carbonyl (C=O) groups is 1. The monoisotopic (exact) mass is 262 g/mol. The third kappa shape index (κ3) is 4.91. The summed E-state index contributed by atoms with van der Waals surface area (Å²) in [6.07, 6.45) is 4.68. The molecule has 0 saturated carbocycles. The van der Waals surface area contributed by atoms with Gasteiger partial charge in [0.2, 0.25) is 5.91 Å². The summed E-state index contributed by atoms with van der Waals surface area (Å²) >= 11 is 0. The highest BCUT2D eigenvalue weighted by molar-refractivity contribution is 5.75. The van der Waals surface area contributed by atoms with Gasteiger partial charge in [-0.25, -0.2) is 0 Å². The molecule has 19 heavy (non-hydrogen) atoms. The Balaban J connectivity index is 1.60. The molecule has 1 amide bonds. The van der Waals surface area contributed by atoms with Crippen molar-refractivity contribution in [3.8, 4) is 0 Å². The van der Waals surface area contributed by atoms with Gasteiger partial charge in [-0.3, -0.25) is 4.79 Å². The second-order valence-corrected chi connectivity index (χ2v) is 5.04. The van der Waals surface area contributed by atoms with Crippen LogP contribution in [0.3, 0.4) is 0 Å². The molecule has 4 nitrogen and oxygen atoms in total. The maximum absolute atomic E-state index is 11.7. The van der Waals surface area contributed by atoms with Crippen molar-refractivity contribution in [2.75, 3.05) is 18.9 Å². The Labute approximate surface area is 114 Å². The fourth-order valence-electron chi connectivity index (χ4n) is 2.32. The number of nitrogens with two attached hydrogens (primary N) is 1. The maximum atomic E-state index is 11.7. The fraction of sp³-hybridized carbons (Fsp3) is 0.533. The van der Waals surface area contributed by atoms with E-state index in [0.29, 0.717) is 13.0 Å². The maximum Gasteiger partial charge on any atom is 0.220 e. The summed E-state index contributed by atoms with van der Waals surface area (Å²) in [5.41, 5.74) is 7.68. The van der Waals surface area contributed by atoms with E-state index < -0.39 is 0 Å². The van der Waals surface area contributed by atoms with E-state index in [1.54, 1.807) is 0 Å². The zero-order chi connectivity index (χ0) is 13.5. The number of hydrogen-bond donors (Lipinski definition) is 2. The molecule has 1 atom stereocenters. The summed E-state index contributed by atoms with van der Waals surface area (Å²) in [6, 6.07) is 7.82. The standard InChI is InChI=1S/C15H22N2O2/c16-13-6-1-4-12(10-13)5-2-8-15(18)17-11-14-7-3-9-19-14/h1,4,6,10,14H,2-3,5,7-9,11,16H2,(H,17,18). The first-order chi connectivity index (χ1) is 9.24. The molecule has 2 rings (SSSR count). The summed E-state index contributed by atoms with van der Waals surface area (Å²) in [4.78, 5) is 11.7. The van der Waals surface area contributed by atoms with Crippen LogP contribution in [0.25, 0.3) is 0 Å². The summed E-state index contributed by atoms with van der Waals surface area (Å²) in [7, 11) is 0. The van der Waals surface area contributed by atoms with Gasteiger partial charge in [-0.15, -0.1) is 0 Å². The van der Waals surface area contributed by atoms with Crippen LogP contribution >= 0.6 is 0 Å². The lowest BCUT2D eigenvalue weighted by atomic mass is 10.1. The Morgan fingerprint density at radius 2 is 2.37 bits per heavy atom. The van der Waals surface area contributed by atoms with E-state index in [4.69, 9.17) is 10.5 Å². The molecule has 104 valence electrons. The van der Waals surface area contributed by atoms with Crippen LogP contribution in [0.4, 0.5) is 5.69 Å². The minimum Gasteiger partial charge on any atom is -0.399 e. The van der Waals surface area contributed by atoms with Gasteiger partial charge in [-0.05, 0) is 43.4 Å². The molecule has 1 aliphatic heterocycles. The molecule has 1 heterocycles. The molecule has 1 aliphatic rings. The number of nitrogens with one attached hydrogen (secondary N) is 1. The molecular formula is C15H22N2O2. The Bertz CT molecular complexity index is 414. The highest BCUT2D eigenvalue weighted by Crippen LogP contribution is 2.11. The van der Waals surface area contributed by atoms with Crippen LogP contribution in [0, 0.1) is 0 Å². The van der Waals surface area contributed by atoms with E-state index in [0.717, 1.165) is 38.0 Å². The molecule has 3 N–H and O–H groups in total. The lowest BCUT2D eigenvalue weighted by Gasteiger charge is -2.10. The van der Waals surface area contributed by atoms with Gasteiger partial charge in [-0.1, -0.05) is 12.1 Å². The highest BCUT2D eigenvalue weighted by atomic mass is 16.5. The van der Waals surface area contributed by atoms with Crippen molar-refractivity contribution < 1.29 is 9.53 Å². The Kier molecular flexibility index (Phi) is 5.21. The van der Waals surface area contributed by atoms with Crippen molar-refractivity contribution in [1.29, 1.82) is 0 Å². The normalized spacial score (nSPS) is 18.4. The molecule has 0 aliphatic carbocycles. The molecule has 0 radical (unpaired) electrons. The van der Waals surface area contributed by atoms with Gasteiger partial charge in [0.25, 0.3) is 0 Å². The van der Waals surface area contributed by atoms with E-state index in [-0.39, 0.29) is 12.0 Å². The Morgan fingerprint density at radius 1 is 1.47 bits per heavy atom. The fourth-order valence-corrected chi connectivity index (χ4v) is 2.32. The van der Waals surface area contributed by atoms with Crippen LogP contribution in [-0.4, -0.2) is 25.2 Å². The molecule has 1 saturated heterocycles. The van der Waals surface area contributed by atoms with Gasteiger partial charge in [0.1, 0.15) is 0 Å². The van der Waals surface area contributed by atoms with Crippen molar-refractivity contribution in [1.82, 2.24) is 5.32 Å². The predicted molar refractivity (Wildman–Crippen MR) is 75.8 cm³/mol. The molecule has 1 unspecified atom stereocenters. The third-order valence-electron chi connectivity index (χ3n) is 3.37. The second kappa shape index (κ2) is 7.14. The first-order valence-corrected chi connectivity index (χ1v) is 6.97. The van der Waals surface area contributed by atoms with Crippen molar-refractivity contribution >= 4 is 11.6 Å². The molecule has 0 bridgehead atoms. The van der Waals surface area contributed by atoms with Gasteiger partial charge in [0.15, 0.2) is 0 Å². The Morgan fingerprint density at radius 3 is 3.11 bits per heavy atom. The number of carbonyl (C=O) groups excluding carboxylic acids is 1. The lowest BCUT2D eigenvalue weighted by molar-refractivity contribution is -0.121. The van der Waals surface area contributed by atoms with Crippen molar-refractivity contribution in [2.24, 2.45) is 0 Å². The lowest BCUT2D eigenvalue weighted by Crippen LogP contribution is -2.31. The summed E-state index contributed by atoms with van der Waals surface area (Å²) < 4.78 is 5.46. The van der Waals surface area contributed by atoms with Crippen molar-refractivity contribution in [3.63, 3.8) is 0 Å². The van der Waals surface area contributed by atoms with Crippen molar-refractivity contribution in [2.45, 2.75) is 38.2 Å². The molecule has 0 aromatic heterocycles. The number of ether oxygens (including phenoxy) is 1. The number of benzene rings is 1. The smallest absolute Gasteiger partial charge is 0.220 e. The van der Waals surface area contributed by atoms with E-state index in [2.05, 4.69) is 5.32 Å². The minimum absolute atomic E-state index is 0.111. The van der Waals surface area contributed by atoms with Gasteiger partial charge in [-0.2, -0.15) is 0 Å². The largest absolute Gasteiger partial charge is 0.399 e. The average molecular weight is 262 g/mol. The zero-order valence-corrected chi connectivity index (χ0v) is 11.2. The van der Waals surface area contributed by atoms with Gasteiger partial charge in [0.05, 0.1) is 6.10 Å². The summed E-state index contributed by atoms with van der Waals surface area (Å²) in [5.74, 6) is 0.111. The summed E-state index contributed by atoms with van der Waals surface area (Å²) in [6.45, 7) is 1.48. The number of hydrogen-bond acceptors (Lipinski definition) is 3. The van der Waals surface area contributed by atoms with E-state index >= 15 is 0 Å². The van der Waals surface area contributed by atoms with Gasteiger partial charge < -0.3 is 15.8 Å². The molecule has 1 aromatic rings. The van der Waals surface area contributed by atoms with Crippen LogP contribution in [0.15, 0.2) is 24.3 Å². The van der Waals surface area contributed by atoms with E-state index in [1.807, 2.05) is 24.3 Å². The van der Waals surface area contributed by atoms with Crippen LogP contribution < -0.4 is 11.1 Å². The molecule has 1 aromatic carbocycles. The number of aryl methyl sites for hydroxylation is 1. The Hall–Kier alpha value is -1.55. The molecule has 0 spiro atoms. The second-order valence-electron chi connectivity index (χ2n) is 5.04. The van der Waals surface area contributed by atoms with E-state index in [1.165, 1.54) is 5.56 Å². The van der Waals surface area contributed by atoms with Crippen molar-refractivity contribution in [3.05, 3.63) is 29.8 Å². The number of rotatable bonds is 6. The highest BCUT2D eigenvalue weighted by Gasteiger charge is 2.15. The number of anilines is 1. The van der Waals surface area contributed by atoms with Gasteiger partial charge in [0, 0.05) is 25.3 Å². The molecule has 1 fully saturated rings. The quantitative estimate of drug-likeness (QED) is 0.769. The molecule has 4 heteroatoms. The minimum atomic E-state index is 0.111. The average Bonchev–Trinajstić information content (AvgIpc) is 2.89. The van der Waals surface area contributed by atoms with Crippen LogP contribution in [0.2, 0.25) is 0 Å². The zero-order valence-electron chi connectivity index (χ0n) is 11.2. The third-order valence-corrected chi connectivity index (χ3v) is 3.37. The first kappa shape index (κ1) is 13.9. The SMILES string of the molecule is Nc1cccc(CCCC(=O)NCC2CCCO2)c1. The topological polar surface area (TPSA) is 64.4 Å². The predicted octanol–water partition coefficient (Wildman–Crippen LogP) is 1.89. The van der Waals surface area contributed by atoms with E-state index in [9.17, 15) is 4.79 Å². The van der Waals surface area contributed by atoms with Crippen LogP contribution in [0.5, 0.6) is 0 Å². The summed E-state index contributed by atoms with van der Waals surface area (Å²) in [5, 5.41) is 2.93. The number of nitrogen functional groups attached to an aromatic ring is 1. The molecular weight excluding hydrogens is 240 g/mol. The van der Waals surface area contributed by atoms with Gasteiger partial charge >= 0.3 is 0 Å². The van der Waals surface area contributed by atoms with Crippen LogP contribution in [0.1, 0.15) is 31.2 Å². The number of amides is 1.